The summed E-state index contributed by atoms with van der Waals surface area (Å²) in [5, 5.41) is 0. The monoisotopic (exact) mass is 483 g/mol. The maximum Gasteiger partial charge on any atom is 0.513 e. The fourth-order valence-corrected chi connectivity index (χ4v) is 3.81. The van der Waals surface area contributed by atoms with Crippen molar-refractivity contribution in [2.24, 2.45) is 17.4 Å². The van der Waals surface area contributed by atoms with Crippen LogP contribution in [0.15, 0.2) is 42.5 Å². The molecule has 2 aromatic carbocycles. The number of rotatable bonds is 12. The molecule has 8 nitrogen and oxygen atoms in total. The van der Waals surface area contributed by atoms with E-state index in [1.165, 1.54) is 4.90 Å². The summed E-state index contributed by atoms with van der Waals surface area (Å²) < 4.78 is 10.3. The van der Waals surface area contributed by atoms with Crippen molar-refractivity contribution in [1.29, 1.82) is 0 Å². The van der Waals surface area contributed by atoms with Gasteiger partial charge < -0.3 is 25.8 Å². The third-order valence-corrected chi connectivity index (χ3v) is 5.54. The average Bonchev–Trinajstić information content (AvgIpc) is 2.79. The van der Waals surface area contributed by atoms with Crippen LogP contribution in [-0.4, -0.2) is 48.6 Å². The minimum absolute atomic E-state index is 0.176. The van der Waals surface area contributed by atoms with Gasteiger partial charge in [0.05, 0.1) is 19.2 Å². The Balaban J connectivity index is 2.03. The number of amides is 2. The first-order chi connectivity index (χ1) is 16.6. The van der Waals surface area contributed by atoms with Crippen molar-refractivity contribution in [3.63, 3.8) is 0 Å². The Hall–Kier alpha value is -3.39. The van der Waals surface area contributed by atoms with Gasteiger partial charge in [0.25, 0.3) is 0 Å². The Morgan fingerprint density at radius 3 is 2.23 bits per heavy atom. The Labute approximate surface area is 207 Å². The molecule has 0 saturated carbocycles. The molecule has 0 bridgehead atoms. The summed E-state index contributed by atoms with van der Waals surface area (Å²) in [5.41, 5.74) is 15.4. The third-order valence-electron chi connectivity index (χ3n) is 5.54. The highest BCUT2D eigenvalue weighted by molar-refractivity contribution is 5.87. The van der Waals surface area contributed by atoms with Gasteiger partial charge in [0.1, 0.15) is 5.75 Å². The number of nitrogens with two attached hydrogens (primary N) is 2. The van der Waals surface area contributed by atoms with Crippen LogP contribution in [-0.2, 0) is 27.2 Å². The third kappa shape index (κ3) is 9.41. The first-order valence-electron chi connectivity index (χ1n) is 11.9. The molecule has 1 atom stereocenters. The Bertz CT molecular complexity index is 984. The van der Waals surface area contributed by atoms with E-state index in [4.69, 9.17) is 20.9 Å². The summed E-state index contributed by atoms with van der Waals surface area (Å²) in [6, 6.07) is 12.5. The second-order valence-electron chi connectivity index (χ2n) is 9.22. The molecular weight excluding hydrogens is 446 g/mol. The molecule has 35 heavy (non-hydrogen) atoms. The summed E-state index contributed by atoms with van der Waals surface area (Å²) in [6.45, 7) is 8.10. The van der Waals surface area contributed by atoms with Gasteiger partial charge >= 0.3 is 6.16 Å². The summed E-state index contributed by atoms with van der Waals surface area (Å²) in [5.74, 6) is -0.328. The topological polar surface area (TPSA) is 125 Å². The van der Waals surface area contributed by atoms with E-state index in [1.54, 1.807) is 12.1 Å². The molecule has 0 heterocycles. The summed E-state index contributed by atoms with van der Waals surface area (Å²) in [6.07, 6.45) is 0.988. The van der Waals surface area contributed by atoms with Gasteiger partial charge in [0.2, 0.25) is 11.8 Å². The highest BCUT2D eigenvalue weighted by Crippen LogP contribution is 2.24. The van der Waals surface area contributed by atoms with E-state index in [0.29, 0.717) is 18.7 Å². The summed E-state index contributed by atoms with van der Waals surface area (Å²) >= 11 is 0. The standard InChI is InChI=1S/C27H37N3O5/c1-18(2)17-34-27(33)35-22-13-19(3)23(20(4)14-22)15-24(28)26(32)30(16-25(29)31)12-8-11-21-9-6-5-7-10-21/h5-7,9-10,13-14,18,24H,8,11-12,15-17,28H2,1-4H3,(H2,29,31). The van der Waals surface area contributed by atoms with E-state index >= 15 is 0 Å². The van der Waals surface area contributed by atoms with Gasteiger partial charge in [0, 0.05) is 6.54 Å². The van der Waals surface area contributed by atoms with Crippen molar-refractivity contribution >= 4 is 18.0 Å². The zero-order valence-electron chi connectivity index (χ0n) is 21.1. The van der Waals surface area contributed by atoms with E-state index in [9.17, 15) is 14.4 Å². The molecule has 2 amide bonds. The maximum atomic E-state index is 13.1. The molecule has 0 radical (unpaired) electrons. The maximum absolute atomic E-state index is 13.1. The SMILES string of the molecule is Cc1cc(OC(=O)OCC(C)C)cc(C)c1CC(N)C(=O)N(CCCc1ccccc1)CC(N)=O. The number of carbonyl (C=O) groups is 3. The molecule has 8 heteroatoms. The van der Waals surface area contributed by atoms with Gasteiger partial charge in [-0.05, 0) is 73.4 Å². The number of hydrogen-bond acceptors (Lipinski definition) is 6. The van der Waals surface area contributed by atoms with Gasteiger partial charge in [-0.3, -0.25) is 9.59 Å². The predicted molar refractivity (Wildman–Crippen MR) is 135 cm³/mol. The quantitative estimate of drug-likeness (QED) is 0.353. The lowest BCUT2D eigenvalue weighted by Crippen LogP contribution is -2.48. The van der Waals surface area contributed by atoms with Crippen LogP contribution < -0.4 is 16.2 Å². The van der Waals surface area contributed by atoms with Gasteiger partial charge in [-0.1, -0.05) is 44.2 Å². The van der Waals surface area contributed by atoms with Crippen molar-refractivity contribution in [3.8, 4) is 5.75 Å². The van der Waals surface area contributed by atoms with Crippen molar-refractivity contribution < 1.29 is 23.9 Å². The smallest absolute Gasteiger partial charge is 0.434 e. The Morgan fingerprint density at radius 1 is 1.03 bits per heavy atom. The number of primary amides is 1. The number of benzene rings is 2. The van der Waals surface area contributed by atoms with E-state index < -0.39 is 18.1 Å². The summed E-state index contributed by atoms with van der Waals surface area (Å²) in [7, 11) is 0. The average molecular weight is 484 g/mol. The summed E-state index contributed by atoms with van der Waals surface area (Å²) in [4.78, 5) is 38.0. The normalized spacial score (nSPS) is 11.7. The second kappa shape index (κ2) is 13.5. The van der Waals surface area contributed by atoms with Gasteiger partial charge in [0.15, 0.2) is 0 Å². The Kier molecular flexibility index (Phi) is 10.7. The van der Waals surface area contributed by atoms with Gasteiger partial charge in [-0.2, -0.15) is 0 Å². The zero-order valence-corrected chi connectivity index (χ0v) is 21.1. The molecule has 0 aliphatic carbocycles. The van der Waals surface area contributed by atoms with Crippen molar-refractivity contribution in [3.05, 3.63) is 64.7 Å². The molecule has 2 aromatic rings. The fourth-order valence-electron chi connectivity index (χ4n) is 3.81. The molecule has 0 aliphatic rings. The van der Waals surface area contributed by atoms with E-state index in [-0.39, 0.29) is 31.4 Å². The number of aryl methyl sites for hydroxylation is 3. The van der Waals surface area contributed by atoms with Crippen LogP contribution in [0.5, 0.6) is 5.75 Å². The lowest BCUT2D eigenvalue weighted by atomic mass is 9.95. The van der Waals surface area contributed by atoms with E-state index in [0.717, 1.165) is 28.7 Å². The Morgan fingerprint density at radius 2 is 1.66 bits per heavy atom. The number of carbonyl (C=O) groups excluding carboxylic acids is 3. The largest absolute Gasteiger partial charge is 0.513 e. The van der Waals surface area contributed by atoms with Crippen molar-refractivity contribution in [1.82, 2.24) is 4.90 Å². The van der Waals surface area contributed by atoms with Crippen LogP contribution in [0.1, 0.15) is 42.5 Å². The molecule has 0 spiro atoms. The number of nitrogens with zero attached hydrogens (tertiary/aromatic N) is 1. The molecule has 0 aliphatic heterocycles. The van der Waals surface area contributed by atoms with Gasteiger partial charge in [-0.25, -0.2) is 4.79 Å². The van der Waals surface area contributed by atoms with Crippen LogP contribution in [0.25, 0.3) is 0 Å². The number of hydrogen-bond donors (Lipinski definition) is 2. The molecule has 0 saturated heterocycles. The molecule has 0 fully saturated rings. The molecule has 2 rings (SSSR count). The highest BCUT2D eigenvalue weighted by Gasteiger charge is 2.24. The lowest BCUT2D eigenvalue weighted by Gasteiger charge is -2.25. The van der Waals surface area contributed by atoms with E-state index in [1.807, 2.05) is 58.0 Å². The zero-order chi connectivity index (χ0) is 26.0. The van der Waals surface area contributed by atoms with Crippen LogP contribution >= 0.6 is 0 Å². The highest BCUT2D eigenvalue weighted by atomic mass is 16.7. The van der Waals surface area contributed by atoms with Crippen LogP contribution in [0.2, 0.25) is 0 Å². The predicted octanol–water partition coefficient (Wildman–Crippen LogP) is 3.29. The molecule has 190 valence electrons. The van der Waals surface area contributed by atoms with Gasteiger partial charge in [-0.15, -0.1) is 0 Å². The molecule has 0 aromatic heterocycles. The van der Waals surface area contributed by atoms with Crippen LogP contribution in [0.4, 0.5) is 4.79 Å². The fraction of sp³-hybridized carbons (Fsp3) is 0.444. The molecule has 4 N–H and O–H groups in total. The van der Waals surface area contributed by atoms with Crippen LogP contribution in [0.3, 0.4) is 0 Å². The number of ether oxygens (including phenoxy) is 2. The van der Waals surface area contributed by atoms with Crippen molar-refractivity contribution in [2.75, 3.05) is 19.7 Å². The van der Waals surface area contributed by atoms with Crippen molar-refractivity contribution in [2.45, 2.75) is 53.0 Å². The lowest BCUT2D eigenvalue weighted by molar-refractivity contribution is -0.136. The minimum Gasteiger partial charge on any atom is -0.434 e. The molecular formula is C27H37N3O5. The van der Waals surface area contributed by atoms with Crippen LogP contribution in [0, 0.1) is 19.8 Å². The second-order valence-corrected chi connectivity index (χ2v) is 9.22. The molecule has 1 unspecified atom stereocenters. The minimum atomic E-state index is -0.841. The first kappa shape index (κ1) is 27.9. The first-order valence-corrected chi connectivity index (χ1v) is 11.9. The van der Waals surface area contributed by atoms with E-state index in [2.05, 4.69) is 0 Å².